The number of hydrogen-bond donors (Lipinski definition) is 1. The van der Waals surface area contributed by atoms with Crippen LogP contribution < -0.4 is 5.32 Å². The second-order valence-electron chi connectivity index (χ2n) is 6.89. The third kappa shape index (κ3) is 4.04. The van der Waals surface area contributed by atoms with Crippen LogP contribution in [-0.2, 0) is 25.6 Å². The molecule has 27 heavy (non-hydrogen) atoms. The van der Waals surface area contributed by atoms with Crippen LogP contribution >= 0.6 is 0 Å². The van der Waals surface area contributed by atoms with Crippen LogP contribution in [0.1, 0.15) is 52.1 Å². The van der Waals surface area contributed by atoms with Gasteiger partial charge in [-0.3, -0.25) is 4.68 Å². The molecule has 0 bridgehead atoms. The Labute approximate surface area is 158 Å². The second-order valence-corrected chi connectivity index (χ2v) is 6.89. The molecule has 1 aliphatic heterocycles. The van der Waals surface area contributed by atoms with E-state index < -0.39 is 17.9 Å². The standard InChI is InChI=1S/C19H26N4O4/c1-5-26-18(24)15-11(3)20-12(4)16(19(25)27-6-2)17(15)14-10-23(22-21-14)9-13-7-8-13/h10,13,17,20H,5-9H2,1-4H3. The van der Waals surface area contributed by atoms with Crippen molar-refractivity contribution < 1.29 is 19.1 Å². The van der Waals surface area contributed by atoms with Gasteiger partial charge in [-0.1, -0.05) is 5.21 Å². The summed E-state index contributed by atoms with van der Waals surface area (Å²) in [6.45, 7) is 8.37. The van der Waals surface area contributed by atoms with Gasteiger partial charge in [-0.25, -0.2) is 9.59 Å². The molecule has 2 heterocycles. The third-order valence-electron chi connectivity index (χ3n) is 4.75. The lowest BCUT2D eigenvalue weighted by Crippen LogP contribution is -2.32. The van der Waals surface area contributed by atoms with Crippen LogP contribution in [-0.4, -0.2) is 40.1 Å². The van der Waals surface area contributed by atoms with E-state index in [1.54, 1.807) is 32.4 Å². The maximum Gasteiger partial charge on any atom is 0.336 e. The quantitative estimate of drug-likeness (QED) is 0.730. The van der Waals surface area contributed by atoms with Crippen molar-refractivity contribution in [2.75, 3.05) is 13.2 Å². The first-order valence-corrected chi connectivity index (χ1v) is 9.39. The van der Waals surface area contributed by atoms with Crippen LogP contribution in [0, 0.1) is 5.92 Å². The Kier molecular flexibility index (Phi) is 5.62. The average Bonchev–Trinajstić information content (AvgIpc) is 3.29. The average molecular weight is 374 g/mol. The molecule has 1 N–H and O–H groups in total. The summed E-state index contributed by atoms with van der Waals surface area (Å²) in [6.07, 6.45) is 4.21. The molecule has 0 spiro atoms. The topological polar surface area (TPSA) is 95.3 Å². The van der Waals surface area contributed by atoms with Crippen LogP contribution in [0.2, 0.25) is 0 Å². The Morgan fingerprint density at radius 3 is 2.15 bits per heavy atom. The molecule has 8 heteroatoms. The van der Waals surface area contributed by atoms with Gasteiger partial charge in [0.1, 0.15) is 0 Å². The molecule has 1 fully saturated rings. The lowest BCUT2D eigenvalue weighted by Gasteiger charge is -2.28. The van der Waals surface area contributed by atoms with Crippen LogP contribution in [0.15, 0.2) is 28.7 Å². The minimum absolute atomic E-state index is 0.244. The van der Waals surface area contributed by atoms with Gasteiger partial charge in [-0.05, 0) is 46.5 Å². The fourth-order valence-electron chi connectivity index (χ4n) is 3.35. The highest BCUT2D eigenvalue weighted by atomic mass is 16.5. The zero-order chi connectivity index (χ0) is 19.6. The normalized spacial score (nSPS) is 17.8. The number of carbonyl (C=O) groups is 2. The smallest absolute Gasteiger partial charge is 0.336 e. The highest BCUT2D eigenvalue weighted by Crippen LogP contribution is 2.38. The molecular formula is C19H26N4O4. The molecule has 2 aliphatic rings. The highest BCUT2D eigenvalue weighted by Gasteiger charge is 2.39. The summed E-state index contributed by atoms with van der Waals surface area (Å²) in [6, 6.07) is 0. The molecule has 0 unspecified atom stereocenters. The van der Waals surface area contributed by atoms with Crippen molar-refractivity contribution in [1.82, 2.24) is 20.3 Å². The lowest BCUT2D eigenvalue weighted by atomic mass is 9.83. The van der Waals surface area contributed by atoms with Crippen molar-refractivity contribution in [2.24, 2.45) is 5.92 Å². The summed E-state index contributed by atoms with van der Waals surface area (Å²) < 4.78 is 12.3. The fourth-order valence-corrected chi connectivity index (χ4v) is 3.35. The molecule has 8 nitrogen and oxygen atoms in total. The van der Waals surface area contributed by atoms with E-state index in [1.165, 1.54) is 12.8 Å². The SMILES string of the molecule is CCOC(=O)C1=C(C)NC(C)=C(C(=O)OCC)C1c1cn(CC2CC2)nn1. The lowest BCUT2D eigenvalue weighted by molar-refractivity contribution is -0.139. The Morgan fingerprint density at radius 2 is 1.67 bits per heavy atom. The van der Waals surface area contributed by atoms with E-state index in [0.717, 1.165) is 6.54 Å². The maximum absolute atomic E-state index is 12.7. The van der Waals surface area contributed by atoms with Gasteiger partial charge in [0.15, 0.2) is 0 Å². The number of ether oxygens (including phenoxy) is 2. The van der Waals surface area contributed by atoms with Gasteiger partial charge in [0.25, 0.3) is 0 Å². The van der Waals surface area contributed by atoms with E-state index in [-0.39, 0.29) is 13.2 Å². The predicted octanol–water partition coefficient (Wildman–Crippen LogP) is 2.05. The number of nitrogens with one attached hydrogen (secondary N) is 1. The van der Waals surface area contributed by atoms with E-state index >= 15 is 0 Å². The Morgan fingerprint density at radius 1 is 1.11 bits per heavy atom. The largest absolute Gasteiger partial charge is 0.463 e. The summed E-state index contributed by atoms with van der Waals surface area (Å²) in [4.78, 5) is 25.3. The molecule has 1 aromatic heterocycles. The van der Waals surface area contributed by atoms with Crippen molar-refractivity contribution >= 4 is 11.9 Å². The van der Waals surface area contributed by atoms with Gasteiger partial charge in [0, 0.05) is 24.1 Å². The first-order valence-electron chi connectivity index (χ1n) is 9.39. The van der Waals surface area contributed by atoms with E-state index in [2.05, 4.69) is 15.6 Å². The zero-order valence-electron chi connectivity index (χ0n) is 16.2. The van der Waals surface area contributed by atoms with Gasteiger partial charge in [0.2, 0.25) is 0 Å². The minimum Gasteiger partial charge on any atom is -0.463 e. The molecule has 3 rings (SSSR count). The van der Waals surface area contributed by atoms with Crippen molar-refractivity contribution in [3.8, 4) is 0 Å². The number of esters is 2. The Hall–Kier alpha value is -2.64. The van der Waals surface area contributed by atoms with Crippen molar-refractivity contribution in [1.29, 1.82) is 0 Å². The van der Waals surface area contributed by atoms with Gasteiger partial charge >= 0.3 is 11.9 Å². The van der Waals surface area contributed by atoms with Gasteiger partial charge in [0.05, 0.1) is 36.0 Å². The number of allylic oxidation sites excluding steroid dienone is 2. The molecule has 146 valence electrons. The van der Waals surface area contributed by atoms with Crippen LogP contribution in [0.25, 0.3) is 0 Å². The molecule has 1 saturated carbocycles. The van der Waals surface area contributed by atoms with Gasteiger partial charge < -0.3 is 14.8 Å². The molecule has 0 radical (unpaired) electrons. The first kappa shape index (κ1) is 19.1. The molecule has 1 aliphatic carbocycles. The van der Waals surface area contributed by atoms with E-state index in [0.29, 0.717) is 34.2 Å². The predicted molar refractivity (Wildman–Crippen MR) is 97.3 cm³/mol. The first-order chi connectivity index (χ1) is 13.0. The fraction of sp³-hybridized carbons (Fsp3) is 0.579. The van der Waals surface area contributed by atoms with E-state index in [4.69, 9.17) is 9.47 Å². The number of hydrogen-bond acceptors (Lipinski definition) is 7. The van der Waals surface area contributed by atoms with Crippen molar-refractivity contribution in [3.63, 3.8) is 0 Å². The minimum atomic E-state index is -0.669. The molecule has 1 aromatic rings. The number of dihydropyridines is 1. The molecular weight excluding hydrogens is 348 g/mol. The monoisotopic (exact) mass is 374 g/mol. The number of nitrogens with zero attached hydrogens (tertiary/aromatic N) is 3. The van der Waals surface area contributed by atoms with E-state index in [9.17, 15) is 9.59 Å². The molecule has 0 atom stereocenters. The summed E-state index contributed by atoms with van der Waals surface area (Å²) in [5.74, 6) is -0.981. The van der Waals surface area contributed by atoms with Crippen molar-refractivity contribution in [3.05, 3.63) is 34.4 Å². The summed E-state index contributed by atoms with van der Waals surface area (Å²) >= 11 is 0. The Balaban J connectivity index is 2.03. The summed E-state index contributed by atoms with van der Waals surface area (Å²) in [5, 5.41) is 11.6. The van der Waals surface area contributed by atoms with Crippen molar-refractivity contribution in [2.45, 2.75) is 53.0 Å². The number of aromatic nitrogens is 3. The molecule has 0 aromatic carbocycles. The van der Waals surface area contributed by atoms with Crippen LogP contribution in [0.5, 0.6) is 0 Å². The summed E-state index contributed by atoms with van der Waals surface area (Å²) in [7, 11) is 0. The Bertz CT molecular complexity index is 764. The van der Waals surface area contributed by atoms with Crippen LogP contribution in [0.3, 0.4) is 0 Å². The number of carbonyl (C=O) groups excluding carboxylic acids is 2. The maximum atomic E-state index is 12.7. The zero-order valence-corrected chi connectivity index (χ0v) is 16.2. The number of rotatable bonds is 7. The summed E-state index contributed by atoms with van der Waals surface area (Å²) in [5.41, 5.74) is 2.55. The van der Waals surface area contributed by atoms with Crippen LogP contribution in [0.4, 0.5) is 0 Å². The molecule has 0 saturated heterocycles. The highest BCUT2D eigenvalue weighted by molar-refractivity contribution is 5.99. The van der Waals surface area contributed by atoms with Gasteiger partial charge in [-0.2, -0.15) is 0 Å². The van der Waals surface area contributed by atoms with E-state index in [1.807, 2.05) is 6.20 Å². The van der Waals surface area contributed by atoms with Gasteiger partial charge in [-0.15, -0.1) is 5.10 Å². The second kappa shape index (κ2) is 7.94. The third-order valence-corrected chi connectivity index (χ3v) is 4.75. The molecule has 0 amide bonds.